The third-order valence-corrected chi connectivity index (χ3v) is 2.95. The Morgan fingerprint density at radius 1 is 1.25 bits per heavy atom. The summed E-state index contributed by atoms with van der Waals surface area (Å²) >= 11 is 0. The number of nitrogens with one attached hydrogen (secondary N) is 1. The van der Waals surface area contributed by atoms with Gasteiger partial charge in [-0.3, -0.25) is 0 Å². The van der Waals surface area contributed by atoms with Gasteiger partial charge in [0.2, 0.25) is 0 Å². The normalized spacial score (nSPS) is 15.5. The lowest BCUT2D eigenvalue weighted by Gasteiger charge is -2.03. The Morgan fingerprint density at radius 3 is 3.00 bits per heavy atom. The second-order valence-corrected chi connectivity index (χ2v) is 4.42. The van der Waals surface area contributed by atoms with E-state index in [-0.39, 0.29) is 0 Å². The third kappa shape index (κ3) is 2.19. The molecule has 2 aromatic rings. The summed E-state index contributed by atoms with van der Waals surface area (Å²) < 4.78 is 0. The molecule has 1 fully saturated rings. The summed E-state index contributed by atoms with van der Waals surface area (Å²) in [5, 5.41) is 4.51. The number of rotatable bonds is 4. The van der Waals surface area contributed by atoms with Crippen LogP contribution in [0.1, 0.15) is 18.7 Å². The van der Waals surface area contributed by atoms with Crippen LogP contribution in [-0.2, 0) is 6.54 Å². The van der Waals surface area contributed by atoms with Crippen molar-refractivity contribution in [1.82, 2.24) is 15.3 Å². The Morgan fingerprint density at radius 2 is 2.12 bits per heavy atom. The van der Waals surface area contributed by atoms with Crippen LogP contribution in [0.2, 0.25) is 0 Å². The van der Waals surface area contributed by atoms with Crippen LogP contribution >= 0.6 is 0 Å². The van der Waals surface area contributed by atoms with Gasteiger partial charge in [0, 0.05) is 11.6 Å². The predicted molar refractivity (Wildman–Crippen MR) is 64.0 cm³/mol. The minimum atomic E-state index is 0.779. The van der Waals surface area contributed by atoms with E-state index in [0.717, 1.165) is 35.7 Å². The zero-order valence-electron chi connectivity index (χ0n) is 9.19. The highest BCUT2D eigenvalue weighted by atomic mass is 15.0. The van der Waals surface area contributed by atoms with Gasteiger partial charge < -0.3 is 5.32 Å². The second kappa shape index (κ2) is 4.18. The maximum absolute atomic E-state index is 4.52. The Bertz CT molecular complexity index is 491. The molecule has 3 heteroatoms. The van der Waals surface area contributed by atoms with Crippen molar-refractivity contribution in [2.24, 2.45) is 5.92 Å². The van der Waals surface area contributed by atoms with Gasteiger partial charge >= 0.3 is 0 Å². The monoisotopic (exact) mass is 213 g/mol. The standard InChI is InChI=1S/C13H15N3/c1-2-4-12-11(3-1)8-15-13(16-12)9-14-7-10-5-6-10/h1-4,8,10,14H,5-7,9H2. The average Bonchev–Trinajstić information content (AvgIpc) is 3.13. The molecule has 3 rings (SSSR count). The zero-order chi connectivity index (χ0) is 10.8. The van der Waals surface area contributed by atoms with E-state index in [0.29, 0.717) is 0 Å². The summed E-state index contributed by atoms with van der Waals surface area (Å²) in [6, 6.07) is 8.09. The minimum absolute atomic E-state index is 0.779. The van der Waals surface area contributed by atoms with Crippen LogP contribution in [0.15, 0.2) is 30.5 Å². The summed E-state index contributed by atoms with van der Waals surface area (Å²) in [6.07, 6.45) is 4.66. The first-order valence-electron chi connectivity index (χ1n) is 5.83. The van der Waals surface area contributed by atoms with Crippen LogP contribution < -0.4 is 5.32 Å². The number of fused-ring (bicyclic) bond motifs is 1. The zero-order valence-corrected chi connectivity index (χ0v) is 9.19. The fraction of sp³-hybridized carbons (Fsp3) is 0.385. The van der Waals surface area contributed by atoms with Gasteiger partial charge in [-0.05, 0) is 31.4 Å². The number of nitrogens with zero attached hydrogens (tertiary/aromatic N) is 2. The van der Waals surface area contributed by atoms with Crippen molar-refractivity contribution in [1.29, 1.82) is 0 Å². The predicted octanol–water partition coefficient (Wildman–Crippen LogP) is 2.13. The molecule has 1 N–H and O–H groups in total. The molecular weight excluding hydrogens is 198 g/mol. The lowest BCUT2D eigenvalue weighted by Crippen LogP contribution is -2.17. The quantitative estimate of drug-likeness (QED) is 0.845. The topological polar surface area (TPSA) is 37.8 Å². The molecule has 1 aromatic heterocycles. The van der Waals surface area contributed by atoms with Crippen LogP contribution in [0.25, 0.3) is 10.9 Å². The van der Waals surface area contributed by atoms with E-state index in [9.17, 15) is 0 Å². The van der Waals surface area contributed by atoms with Crippen molar-refractivity contribution in [3.8, 4) is 0 Å². The summed E-state index contributed by atoms with van der Waals surface area (Å²) in [4.78, 5) is 8.87. The van der Waals surface area contributed by atoms with E-state index < -0.39 is 0 Å². The Balaban J connectivity index is 1.71. The van der Waals surface area contributed by atoms with Crippen LogP contribution in [-0.4, -0.2) is 16.5 Å². The van der Waals surface area contributed by atoms with E-state index in [1.54, 1.807) is 0 Å². The second-order valence-electron chi connectivity index (χ2n) is 4.42. The van der Waals surface area contributed by atoms with Gasteiger partial charge in [-0.1, -0.05) is 18.2 Å². The van der Waals surface area contributed by atoms with Crippen molar-refractivity contribution in [2.45, 2.75) is 19.4 Å². The van der Waals surface area contributed by atoms with Gasteiger partial charge in [-0.15, -0.1) is 0 Å². The van der Waals surface area contributed by atoms with Gasteiger partial charge in [-0.2, -0.15) is 0 Å². The van der Waals surface area contributed by atoms with Gasteiger partial charge in [0.05, 0.1) is 12.1 Å². The van der Waals surface area contributed by atoms with Crippen molar-refractivity contribution in [2.75, 3.05) is 6.54 Å². The average molecular weight is 213 g/mol. The molecule has 16 heavy (non-hydrogen) atoms. The smallest absolute Gasteiger partial charge is 0.142 e. The van der Waals surface area contributed by atoms with Crippen LogP contribution in [0, 0.1) is 5.92 Å². The fourth-order valence-electron chi connectivity index (χ4n) is 1.81. The number of hydrogen-bond donors (Lipinski definition) is 1. The number of benzene rings is 1. The van der Waals surface area contributed by atoms with Crippen molar-refractivity contribution >= 4 is 10.9 Å². The number of hydrogen-bond acceptors (Lipinski definition) is 3. The van der Waals surface area contributed by atoms with Gasteiger partial charge in [0.1, 0.15) is 5.82 Å². The molecule has 0 amide bonds. The highest BCUT2D eigenvalue weighted by Gasteiger charge is 2.20. The van der Waals surface area contributed by atoms with Crippen LogP contribution in [0.3, 0.4) is 0 Å². The maximum Gasteiger partial charge on any atom is 0.142 e. The summed E-state index contributed by atoms with van der Waals surface area (Å²) in [5.74, 6) is 1.79. The van der Waals surface area contributed by atoms with Crippen LogP contribution in [0.4, 0.5) is 0 Å². The first-order chi connectivity index (χ1) is 7.92. The number of para-hydroxylation sites is 1. The summed E-state index contributed by atoms with van der Waals surface area (Å²) in [6.45, 7) is 1.89. The van der Waals surface area contributed by atoms with Gasteiger partial charge in [-0.25, -0.2) is 9.97 Å². The fourth-order valence-corrected chi connectivity index (χ4v) is 1.81. The SMILES string of the molecule is c1ccc2nc(CNCC3CC3)ncc2c1. The van der Waals surface area contributed by atoms with E-state index in [1.807, 2.05) is 30.5 Å². The first kappa shape index (κ1) is 9.73. The van der Waals surface area contributed by atoms with Gasteiger partial charge in [0.15, 0.2) is 0 Å². The summed E-state index contributed by atoms with van der Waals surface area (Å²) in [7, 11) is 0. The lowest BCUT2D eigenvalue weighted by atomic mass is 10.2. The first-order valence-corrected chi connectivity index (χ1v) is 5.83. The molecule has 1 heterocycles. The molecule has 3 nitrogen and oxygen atoms in total. The molecule has 1 aliphatic rings. The molecule has 0 radical (unpaired) electrons. The van der Waals surface area contributed by atoms with E-state index in [2.05, 4.69) is 15.3 Å². The minimum Gasteiger partial charge on any atom is -0.310 e. The molecule has 0 saturated heterocycles. The number of aromatic nitrogens is 2. The molecule has 0 unspecified atom stereocenters. The van der Waals surface area contributed by atoms with E-state index in [4.69, 9.17) is 0 Å². The highest BCUT2D eigenvalue weighted by molar-refractivity contribution is 5.77. The van der Waals surface area contributed by atoms with E-state index >= 15 is 0 Å². The van der Waals surface area contributed by atoms with Crippen molar-refractivity contribution in [3.63, 3.8) is 0 Å². The van der Waals surface area contributed by atoms with Crippen LogP contribution in [0.5, 0.6) is 0 Å². The molecule has 0 aliphatic heterocycles. The van der Waals surface area contributed by atoms with Crippen molar-refractivity contribution < 1.29 is 0 Å². The Hall–Kier alpha value is -1.48. The lowest BCUT2D eigenvalue weighted by molar-refractivity contribution is 0.621. The third-order valence-electron chi connectivity index (χ3n) is 2.95. The summed E-state index contributed by atoms with van der Waals surface area (Å²) in [5.41, 5.74) is 1.03. The molecular formula is C13H15N3. The Kier molecular flexibility index (Phi) is 2.54. The molecule has 82 valence electrons. The molecule has 1 aromatic carbocycles. The largest absolute Gasteiger partial charge is 0.310 e. The molecule has 1 aliphatic carbocycles. The van der Waals surface area contributed by atoms with Crippen molar-refractivity contribution in [3.05, 3.63) is 36.3 Å². The molecule has 0 bridgehead atoms. The highest BCUT2D eigenvalue weighted by Crippen LogP contribution is 2.27. The molecule has 0 atom stereocenters. The van der Waals surface area contributed by atoms with Gasteiger partial charge in [0.25, 0.3) is 0 Å². The van der Waals surface area contributed by atoms with E-state index in [1.165, 1.54) is 12.8 Å². The molecule has 0 spiro atoms. The maximum atomic E-state index is 4.52. The molecule has 1 saturated carbocycles. The Labute approximate surface area is 94.9 Å².